The fourth-order valence-electron chi connectivity index (χ4n) is 2.76. The van der Waals surface area contributed by atoms with Crippen molar-refractivity contribution < 1.29 is 32.8 Å². The van der Waals surface area contributed by atoms with Crippen LogP contribution in [0.1, 0.15) is 77.6 Å². The van der Waals surface area contributed by atoms with E-state index in [9.17, 15) is 18.0 Å². The van der Waals surface area contributed by atoms with Gasteiger partial charge in [0.15, 0.2) is 5.25 Å². The Bertz CT molecular complexity index is 473. The lowest BCUT2D eigenvalue weighted by Crippen LogP contribution is -2.41. The topological polar surface area (TPSA) is 129 Å². The molecule has 2 atom stereocenters. The molecule has 0 saturated carbocycles. The Hall–Kier alpha value is -1.15. The summed E-state index contributed by atoms with van der Waals surface area (Å²) in [5.41, 5.74) is 0. The highest BCUT2D eigenvalue weighted by atomic mass is 32.2. The molecule has 8 heteroatoms. The molecule has 0 aromatic carbocycles. The average Bonchev–Trinajstić information content (AvgIpc) is 2.45. The van der Waals surface area contributed by atoms with Gasteiger partial charge in [-0.15, -0.1) is 0 Å². The third kappa shape index (κ3) is 9.87. The minimum absolute atomic E-state index is 0.0808. The monoisotopic (exact) mass is 366 g/mol. The molecule has 0 radical (unpaired) electrons. The lowest BCUT2D eigenvalue weighted by atomic mass is 9.96. The summed E-state index contributed by atoms with van der Waals surface area (Å²) in [6, 6.07) is 0. The third-order valence-electron chi connectivity index (χ3n) is 4.12. The molecule has 0 fully saturated rings. The minimum atomic E-state index is -4.95. The average molecular weight is 366 g/mol. The fraction of sp³-hybridized carbons (Fsp3) is 0.875. The lowest BCUT2D eigenvalue weighted by Gasteiger charge is -2.17. The van der Waals surface area contributed by atoms with Crippen LogP contribution in [0.3, 0.4) is 0 Å². The molecule has 142 valence electrons. The summed E-state index contributed by atoms with van der Waals surface area (Å²) in [5, 5.41) is 15.6. The van der Waals surface area contributed by atoms with Crippen LogP contribution in [0.2, 0.25) is 0 Å². The van der Waals surface area contributed by atoms with Crippen LogP contribution in [-0.2, 0) is 19.7 Å². The number of hydrogen-bond donors (Lipinski definition) is 3. The largest absolute Gasteiger partial charge is 0.481 e. The zero-order valence-electron chi connectivity index (χ0n) is 14.3. The molecule has 24 heavy (non-hydrogen) atoms. The summed E-state index contributed by atoms with van der Waals surface area (Å²) in [6.07, 6.45) is 10.3. The van der Waals surface area contributed by atoms with Crippen LogP contribution in [0.15, 0.2) is 0 Å². The van der Waals surface area contributed by atoms with Crippen molar-refractivity contribution in [3.8, 4) is 0 Å². The lowest BCUT2D eigenvalue weighted by molar-refractivity contribution is -0.148. The molecule has 0 heterocycles. The minimum Gasteiger partial charge on any atom is -0.481 e. The van der Waals surface area contributed by atoms with Crippen molar-refractivity contribution in [3.05, 3.63) is 0 Å². The molecular weight excluding hydrogens is 336 g/mol. The molecule has 0 aliphatic rings. The Balaban J connectivity index is 4.11. The number of unbranched alkanes of at least 4 members (excludes halogenated alkanes) is 9. The summed E-state index contributed by atoms with van der Waals surface area (Å²) < 4.78 is 31.2. The Morgan fingerprint density at radius 3 is 1.54 bits per heavy atom. The molecule has 0 spiro atoms. The van der Waals surface area contributed by atoms with Crippen molar-refractivity contribution in [3.63, 3.8) is 0 Å². The normalized spacial score (nSPS) is 14.2. The SMILES string of the molecule is CCCCCCCCCCCC[C@H](C(=O)O)[C@H](C(=O)O)S(=O)(=O)O. The second-order valence-electron chi connectivity index (χ2n) is 6.19. The zero-order valence-corrected chi connectivity index (χ0v) is 15.1. The highest BCUT2D eigenvalue weighted by Gasteiger charge is 2.42. The van der Waals surface area contributed by atoms with Crippen molar-refractivity contribution in [2.75, 3.05) is 0 Å². The van der Waals surface area contributed by atoms with Crippen LogP contribution in [0.25, 0.3) is 0 Å². The van der Waals surface area contributed by atoms with Crippen LogP contribution >= 0.6 is 0 Å². The van der Waals surface area contributed by atoms with Gasteiger partial charge in [-0.1, -0.05) is 71.1 Å². The number of carboxylic acids is 2. The van der Waals surface area contributed by atoms with Crippen molar-refractivity contribution in [1.82, 2.24) is 0 Å². The number of rotatable bonds is 15. The van der Waals surface area contributed by atoms with Gasteiger partial charge < -0.3 is 10.2 Å². The van der Waals surface area contributed by atoms with E-state index in [2.05, 4.69) is 6.92 Å². The van der Waals surface area contributed by atoms with Crippen LogP contribution in [0.4, 0.5) is 0 Å². The maximum Gasteiger partial charge on any atom is 0.325 e. The Kier molecular flexibility index (Phi) is 11.7. The van der Waals surface area contributed by atoms with Crippen LogP contribution < -0.4 is 0 Å². The van der Waals surface area contributed by atoms with E-state index in [4.69, 9.17) is 14.8 Å². The number of hydrogen-bond acceptors (Lipinski definition) is 4. The van der Waals surface area contributed by atoms with Gasteiger partial charge in [0.25, 0.3) is 10.1 Å². The van der Waals surface area contributed by atoms with Gasteiger partial charge in [-0.3, -0.25) is 14.1 Å². The fourth-order valence-corrected chi connectivity index (χ4v) is 3.69. The van der Waals surface area contributed by atoms with E-state index in [0.29, 0.717) is 6.42 Å². The van der Waals surface area contributed by atoms with Crippen molar-refractivity contribution in [2.45, 2.75) is 82.8 Å². The third-order valence-corrected chi connectivity index (χ3v) is 5.29. The van der Waals surface area contributed by atoms with E-state index in [1.165, 1.54) is 32.1 Å². The van der Waals surface area contributed by atoms with E-state index in [1.54, 1.807) is 0 Å². The quantitative estimate of drug-likeness (QED) is 0.299. The molecule has 0 aromatic rings. The first kappa shape index (κ1) is 22.9. The summed E-state index contributed by atoms with van der Waals surface area (Å²) in [4.78, 5) is 22.1. The standard InChI is InChI=1S/C16H30O7S/c1-2-3-4-5-6-7-8-9-10-11-12-13(15(17)18)14(16(19)20)24(21,22)23/h13-14H,2-12H2,1H3,(H,17,18)(H,19,20)(H,21,22,23)/t13-,14+/m0/s1. The molecule has 0 rings (SSSR count). The van der Waals surface area contributed by atoms with Crippen LogP contribution in [0.5, 0.6) is 0 Å². The molecule has 7 nitrogen and oxygen atoms in total. The first-order valence-electron chi connectivity index (χ1n) is 8.63. The predicted octanol–water partition coefficient (Wildman–Crippen LogP) is 3.34. The van der Waals surface area contributed by atoms with Gasteiger partial charge in [-0.2, -0.15) is 8.42 Å². The number of carboxylic acid groups (broad SMARTS) is 2. The Labute approximate surface area is 144 Å². The van der Waals surface area contributed by atoms with E-state index in [1.807, 2.05) is 0 Å². The smallest absolute Gasteiger partial charge is 0.325 e. The van der Waals surface area contributed by atoms with Crippen molar-refractivity contribution >= 4 is 22.1 Å². The molecule has 0 aliphatic heterocycles. The second kappa shape index (κ2) is 12.2. The first-order valence-corrected chi connectivity index (χ1v) is 10.1. The van der Waals surface area contributed by atoms with Gasteiger partial charge >= 0.3 is 11.9 Å². The summed E-state index contributed by atoms with van der Waals surface area (Å²) in [6.45, 7) is 2.17. The molecular formula is C16H30O7S. The van der Waals surface area contributed by atoms with Crippen molar-refractivity contribution in [1.29, 1.82) is 0 Å². The molecule has 3 N–H and O–H groups in total. The van der Waals surface area contributed by atoms with Gasteiger partial charge in [0.05, 0.1) is 5.92 Å². The van der Waals surface area contributed by atoms with Crippen LogP contribution in [0, 0.1) is 5.92 Å². The molecule has 0 bridgehead atoms. The maximum absolute atomic E-state index is 11.1. The van der Waals surface area contributed by atoms with Gasteiger partial charge in [-0.25, -0.2) is 0 Å². The van der Waals surface area contributed by atoms with Crippen LogP contribution in [-0.4, -0.2) is 40.4 Å². The van der Waals surface area contributed by atoms with E-state index >= 15 is 0 Å². The zero-order chi connectivity index (χ0) is 18.6. The maximum atomic E-state index is 11.1. The summed E-state index contributed by atoms with van der Waals surface area (Å²) >= 11 is 0. The number of carbonyl (C=O) groups is 2. The molecule has 0 saturated heterocycles. The first-order chi connectivity index (χ1) is 11.2. The second-order valence-corrected chi connectivity index (χ2v) is 7.73. The highest BCUT2D eigenvalue weighted by molar-refractivity contribution is 7.87. The summed E-state index contributed by atoms with van der Waals surface area (Å²) in [5.74, 6) is -4.99. The molecule has 0 amide bonds. The van der Waals surface area contributed by atoms with E-state index < -0.39 is 33.2 Å². The van der Waals surface area contributed by atoms with Gasteiger partial charge in [-0.05, 0) is 6.42 Å². The van der Waals surface area contributed by atoms with E-state index in [-0.39, 0.29) is 6.42 Å². The Morgan fingerprint density at radius 1 is 0.792 bits per heavy atom. The van der Waals surface area contributed by atoms with Gasteiger partial charge in [0.1, 0.15) is 0 Å². The van der Waals surface area contributed by atoms with E-state index in [0.717, 1.165) is 25.7 Å². The molecule has 0 aromatic heterocycles. The Morgan fingerprint density at radius 2 is 1.21 bits per heavy atom. The van der Waals surface area contributed by atoms with Crippen molar-refractivity contribution in [2.24, 2.45) is 5.92 Å². The molecule has 0 aliphatic carbocycles. The van der Waals surface area contributed by atoms with Gasteiger partial charge in [0.2, 0.25) is 0 Å². The highest BCUT2D eigenvalue weighted by Crippen LogP contribution is 2.21. The summed E-state index contributed by atoms with van der Waals surface area (Å²) in [7, 11) is -4.95. The van der Waals surface area contributed by atoms with Gasteiger partial charge in [0, 0.05) is 0 Å². The number of aliphatic carboxylic acids is 2. The predicted molar refractivity (Wildman–Crippen MR) is 90.6 cm³/mol. The molecule has 0 unspecified atom stereocenters.